The molecular weight excluding hydrogens is 518 g/mol. The lowest BCUT2D eigenvalue weighted by Gasteiger charge is -2.31. The Bertz CT molecular complexity index is 1150. The fraction of sp³-hybridized carbons (Fsp3) is 0.517. The van der Waals surface area contributed by atoms with Crippen molar-refractivity contribution in [2.24, 2.45) is 5.92 Å². The van der Waals surface area contributed by atoms with Crippen LogP contribution in [0.25, 0.3) is 0 Å². The maximum Gasteiger partial charge on any atom is 0.242 e. The highest BCUT2D eigenvalue weighted by molar-refractivity contribution is 7.92. The second kappa shape index (κ2) is 15.4. The van der Waals surface area contributed by atoms with Gasteiger partial charge >= 0.3 is 0 Å². The molecule has 2 aromatic rings. The van der Waals surface area contributed by atoms with Crippen molar-refractivity contribution in [3.8, 4) is 11.5 Å². The number of sulfonamides is 1. The normalized spacial score (nSPS) is 12.1. The number of rotatable bonds is 16. The Morgan fingerprint density at radius 3 is 2.10 bits per heavy atom. The molecule has 0 aliphatic heterocycles. The number of anilines is 1. The van der Waals surface area contributed by atoms with Crippen LogP contribution >= 0.6 is 0 Å². The number of hydrogen-bond acceptors (Lipinski definition) is 6. The van der Waals surface area contributed by atoms with E-state index < -0.39 is 16.1 Å². The van der Waals surface area contributed by atoms with Crippen LogP contribution in [0.5, 0.6) is 11.5 Å². The van der Waals surface area contributed by atoms with E-state index in [1.54, 1.807) is 36.3 Å². The summed E-state index contributed by atoms with van der Waals surface area (Å²) in [7, 11) is -1.99. The predicted molar refractivity (Wildman–Crippen MR) is 155 cm³/mol. The Morgan fingerprint density at radius 2 is 1.59 bits per heavy atom. The molecular formula is C29H43N3O6S. The highest BCUT2D eigenvalue weighted by atomic mass is 32.2. The number of nitrogens with zero attached hydrogens (tertiary/aromatic N) is 2. The fourth-order valence-corrected chi connectivity index (χ4v) is 5.11. The van der Waals surface area contributed by atoms with Crippen LogP contribution in [-0.2, 0) is 26.2 Å². The fourth-order valence-electron chi connectivity index (χ4n) is 4.15. The Morgan fingerprint density at radius 1 is 0.974 bits per heavy atom. The minimum atomic E-state index is -3.57. The van der Waals surface area contributed by atoms with Gasteiger partial charge in [-0.15, -0.1) is 0 Å². The summed E-state index contributed by atoms with van der Waals surface area (Å²) in [5.74, 6) is 1.23. The molecule has 0 heterocycles. The molecule has 0 saturated carbocycles. The molecule has 0 saturated heterocycles. The zero-order chi connectivity index (χ0) is 29.0. The van der Waals surface area contributed by atoms with E-state index in [2.05, 4.69) is 5.32 Å². The van der Waals surface area contributed by atoms with E-state index in [9.17, 15) is 18.0 Å². The van der Waals surface area contributed by atoms with Crippen LogP contribution in [0.4, 0.5) is 5.69 Å². The van der Waals surface area contributed by atoms with Crippen molar-refractivity contribution in [1.29, 1.82) is 0 Å². The molecule has 2 rings (SSSR count). The minimum Gasteiger partial charge on any atom is -0.497 e. The molecule has 0 aliphatic rings. The number of methoxy groups -OCH3 is 1. The number of amides is 2. The summed E-state index contributed by atoms with van der Waals surface area (Å²) in [5, 5.41) is 2.95. The maximum absolute atomic E-state index is 13.5. The second-order valence-corrected chi connectivity index (χ2v) is 11.7. The summed E-state index contributed by atoms with van der Waals surface area (Å²) in [5.41, 5.74) is 1.37. The summed E-state index contributed by atoms with van der Waals surface area (Å²) in [4.78, 5) is 28.2. The first-order chi connectivity index (χ1) is 18.5. The molecule has 216 valence electrons. The van der Waals surface area contributed by atoms with Gasteiger partial charge in [-0.1, -0.05) is 32.9 Å². The number of carbonyl (C=O) groups is 2. The lowest BCUT2D eigenvalue weighted by molar-refractivity contribution is -0.141. The molecule has 0 aliphatic carbocycles. The van der Waals surface area contributed by atoms with Gasteiger partial charge < -0.3 is 19.7 Å². The van der Waals surface area contributed by atoms with Crippen molar-refractivity contribution >= 4 is 27.5 Å². The van der Waals surface area contributed by atoms with Crippen molar-refractivity contribution in [3.05, 3.63) is 54.1 Å². The highest BCUT2D eigenvalue weighted by Gasteiger charge is 2.29. The maximum atomic E-state index is 13.5. The van der Waals surface area contributed by atoms with E-state index in [0.717, 1.165) is 11.8 Å². The van der Waals surface area contributed by atoms with Crippen LogP contribution in [0, 0.1) is 5.92 Å². The summed E-state index contributed by atoms with van der Waals surface area (Å²) in [6.07, 6.45) is 1.98. The topological polar surface area (TPSA) is 105 Å². The van der Waals surface area contributed by atoms with E-state index in [1.807, 2.05) is 52.0 Å². The molecule has 1 N–H and O–H groups in total. The average Bonchev–Trinajstić information content (AvgIpc) is 2.90. The third-order valence-corrected chi connectivity index (χ3v) is 7.36. The molecule has 2 amide bonds. The van der Waals surface area contributed by atoms with E-state index in [-0.39, 0.29) is 37.2 Å². The van der Waals surface area contributed by atoms with Gasteiger partial charge in [-0.3, -0.25) is 13.9 Å². The predicted octanol–water partition coefficient (Wildman–Crippen LogP) is 4.22. The van der Waals surface area contributed by atoms with Crippen molar-refractivity contribution < 1.29 is 27.5 Å². The molecule has 2 aromatic carbocycles. The minimum absolute atomic E-state index is 0.0904. The van der Waals surface area contributed by atoms with Crippen LogP contribution < -0.4 is 19.1 Å². The zero-order valence-electron chi connectivity index (χ0n) is 24.0. The van der Waals surface area contributed by atoms with E-state index in [0.29, 0.717) is 43.2 Å². The van der Waals surface area contributed by atoms with Crippen molar-refractivity contribution in [1.82, 2.24) is 10.2 Å². The number of ether oxygens (including phenoxy) is 2. The van der Waals surface area contributed by atoms with Crippen LogP contribution in [0.1, 0.15) is 52.5 Å². The lowest BCUT2D eigenvalue weighted by atomic mass is 10.1. The lowest BCUT2D eigenvalue weighted by Crippen LogP contribution is -2.49. The van der Waals surface area contributed by atoms with Gasteiger partial charge in [0.2, 0.25) is 21.8 Å². The van der Waals surface area contributed by atoms with Crippen molar-refractivity contribution in [2.45, 2.75) is 59.5 Å². The molecule has 0 spiro atoms. The van der Waals surface area contributed by atoms with Gasteiger partial charge in [-0.05, 0) is 67.6 Å². The third-order valence-electron chi connectivity index (χ3n) is 6.17. The average molecular weight is 562 g/mol. The van der Waals surface area contributed by atoms with Crippen LogP contribution in [0.15, 0.2) is 48.5 Å². The molecule has 0 fully saturated rings. The smallest absolute Gasteiger partial charge is 0.242 e. The van der Waals surface area contributed by atoms with Crippen LogP contribution in [0.3, 0.4) is 0 Å². The summed E-state index contributed by atoms with van der Waals surface area (Å²) in [6.45, 7) is 9.20. The van der Waals surface area contributed by atoms with Gasteiger partial charge in [-0.2, -0.15) is 0 Å². The molecule has 0 unspecified atom stereocenters. The SMILES string of the molecule is CCOc1ccc(N(CCCC(=O)N(Cc2ccc(OC)cc2)[C@@H](CC)C(=O)NCC(C)C)S(C)(=O)=O)cc1. The first-order valence-electron chi connectivity index (χ1n) is 13.4. The largest absolute Gasteiger partial charge is 0.497 e. The Balaban J connectivity index is 2.20. The van der Waals surface area contributed by atoms with Gasteiger partial charge in [0.05, 0.1) is 25.7 Å². The molecule has 0 radical (unpaired) electrons. The van der Waals surface area contributed by atoms with Crippen molar-refractivity contribution in [3.63, 3.8) is 0 Å². The molecule has 39 heavy (non-hydrogen) atoms. The third kappa shape index (κ3) is 10.1. The number of nitrogens with one attached hydrogen (secondary N) is 1. The molecule has 10 heteroatoms. The van der Waals surface area contributed by atoms with Crippen molar-refractivity contribution in [2.75, 3.05) is 37.4 Å². The van der Waals surface area contributed by atoms with Gasteiger partial charge in [0.1, 0.15) is 17.5 Å². The van der Waals surface area contributed by atoms with Gasteiger partial charge in [-0.25, -0.2) is 8.42 Å². The quantitative estimate of drug-likeness (QED) is 0.329. The number of hydrogen-bond donors (Lipinski definition) is 1. The summed E-state index contributed by atoms with van der Waals surface area (Å²) in [6, 6.07) is 13.6. The van der Waals surface area contributed by atoms with Gasteiger partial charge in [0, 0.05) is 26.1 Å². The monoisotopic (exact) mass is 561 g/mol. The van der Waals surface area contributed by atoms with E-state index >= 15 is 0 Å². The van der Waals surface area contributed by atoms with E-state index in [1.165, 1.54) is 4.31 Å². The molecule has 0 aromatic heterocycles. The zero-order valence-corrected chi connectivity index (χ0v) is 24.8. The second-order valence-electron chi connectivity index (χ2n) is 9.80. The number of benzene rings is 2. The van der Waals surface area contributed by atoms with E-state index in [4.69, 9.17) is 9.47 Å². The van der Waals surface area contributed by atoms with Crippen LogP contribution in [0.2, 0.25) is 0 Å². The molecule has 9 nitrogen and oxygen atoms in total. The molecule has 0 bridgehead atoms. The summed E-state index contributed by atoms with van der Waals surface area (Å²) < 4.78 is 37.1. The first-order valence-corrected chi connectivity index (χ1v) is 15.3. The highest BCUT2D eigenvalue weighted by Crippen LogP contribution is 2.23. The Labute approximate surface area is 233 Å². The Hall–Kier alpha value is -3.27. The summed E-state index contributed by atoms with van der Waals surface area (Å²) >= 11 is 0. The van der Waals surface area contributed by atoms with Crippen LogP contribution in [-0.4, -0.2) is 64.2 Å². The molecule has 1 atom stereocenters. The van der Waals surface area contributed by atoms with Gasteiger partial charge in [0.15, 0.2) is 0 Å². The Kier molecular flexibility index (Phi) is 12.6. The standard InChI is InChI=1S/C29H43N3O6S/c1-7-27(29(34)30-20-22(3)4)31(21-23-11-15-25(37-5)16-12-23)28(33)10-9-19-32(39(6,35)36)24-13-17-26(18-14-24)38-8-2/h11-18,22,27H,7-10,19-21H2,1-6H3,(H,30,34)/t27-/m0/s1. The van der Waals surface area contributed by atoms with Gasteiger partial charge in [0.25, 0.3) is 0 Å². The first kappa shape index (κ1) is 31.9. The number of carbonyl (C=O) groups excluding carboxylic acids is 2.